The number of carbonyl (C=O) groups is 2. The maximum Gasteiger partial charge on any atom is 0.227 e. The van der Waals surface area contributed by atoms with Crippen molar-refractivity contribution < 1.29 is 14.1 Å². The first-order chi connectivity index (χ1) is 12.8. The molecule has 0 radical (unpaired) electrons. The number of rotatable bonds is 8. The summed E-state index contributed by atoms with van der Waals surface area (Å²) in [6, 6.07) is 7.69. The fourth-order valence-corrected chi connectivity index (χ4v) is 3.02. The SMILES string of the molecule is CCN(CC)c1ccc(N(CCC(=O)Nc2cc(C)on2)C(C)=O)c(C)c1. The van der Waals surface area contributed by atoms with Crippen molar-refractivity contribution in [2.75, 3.05) is 34.8 Å². The van der Waals surface area contributed by atoms with E-state index in [0.717, 1.165) is 30.0 Å². The topological polar surface area (TPSA) is 78.7 Å². The number of amides is 2. The number of hydrogen-bond acceptors (Lipinski definition) is 5. The number of carbonyl (C=O) groups excluding carboxylic acids is 2. The molecule has 1 aromatic heterocycles. The second kappa shape index (κ2) is 9.21. The summed E-state index contributed by atoms with van der Waals surface area (Å²) in [5, 5.41) is 6.41. The molecule has 0 saturated carbocycles. The summed E-state index contributed by atoms with van der Waals surface area (Å²) >= 11 is 0. The fraction of sp³-hybridized carbons (Fsp3) is 0.450. The van der Waals surface area contributed by atoms with Gasteiger partial charge in [-0.1, -0.05) is 5.16 Å². The van der Waals surface area contributed by atoms with Crippen molar-refractivity contribution in [3.05, 3.63) is 35.6 Å². The predicted molar refractivity (Wildman–Crippen MR) is 107 cm³/mol. The summed E-state index contributed by atoms with van der Waals surface area (Å²) in [5.74, 6) is 0.692. The van der Waals surface area contributed by atoms with Gasteiger partial charge in [-0.25, -0.2) is 0 Å². The molecule has 0 fully saturated rings. The summed E-state index contributed by atoms with van der Waals surface area (Å²) in [6.45, 7) is 11.6. The maximum absolute atomic E-state index is 12.2. The van der Waals surface area contributed by atoms with Crippen molar-refractivity contribution in [2.45, 2.75) is 41.0 Å². The molecule has 1 N–H and O–H groups in total. The Morgan fingerprint density at radius 3 is 2.37 bits per heavy atom. The second-order valence-corrected chi connectivity index (χ2v) is 6.43. The maximum atomic E-state index is 12.2. The third-order valence-electron chi connectivity index (χ3n) is 4.44. The Morgan fingerprint density at radius 2 is 1.85 bits per heavy atom. The van der Waals surface area contributed by atoms with Gasteiger partial charge in [0.1, 0.15) is 5.76 Å². The van der Waals surface area contributed by atoms with Crippen LogP contribution in [0.25, 0.3) is 0 Å². The van der Waals surface area contributed by atoms with Crippen molar-refractivity contribution >= 4 is 29.0 Å². The van der Waals surface area contributed by atoms with E-state index in [-0.39, 0.29) is 18.2 Å². The third kappa shape index (κ3) is 5.32. The first kappa shape index (κ1) is 20.5. The number of hydrogen-bond donors (Lipinski definition) is 1. The zero-order valence-electron chi connectivity index (χ0n) is 16.7. The number of nitrogens with one attached hydrogen (secondary N) is 1. The number of anilines is 3. The molecule has 27 heavy (non-hydrogen) atoms. The first-order valence-electron chi connectivity index (χ1n) is 9.22. The Morgan fingerprint density at radius 1 is 1.15 bits per heavy atom. The van der Waals surface area contributed by atoms with Gasteiger partial charge in [-0.2, -0.15) is 0 Å². The highest BCUT2D eigenvalue weighted by atomic mass is 16.5. The van der Waals surface area contributed by atoms with E-state index in [1.165, 1.54) is 6.92 Å². The van der Waals surface area contributed by atoms with Crippen LogP contribution in [0.5, 0.6) is 0 Å². The van der Waals surface area contributed by atoms with Crippen molar-refractivity contribution in [3.63, 3.8) is 0 Å². The average molecular weight is 372 g/mol. The summed E-state index contributed by atoms with van der Waals surface area (Å²) in [7, 11) is 0. The van der Waals surface area contributed by atoms with Crippen molar-refractivity contribution in [3.8, 4) is 0 Å². The van der Waals surface area contributed by atoms with Gasteiger partial charge in [-0.3, -0.25) is 9.59 Å². The molecular formula is C20H28N4O3. The van der Waals surface area contributed by atoms with E-state index in [9.17, 15) is 9.59 Å². The van der Waals surface area contributed by atoms with Crippen LogP contribution in [0.2, 0.25) is 0 Å². The van der Waals surface area contributed by atoms with Crippen LogP contribution >= 0.6 is 0 Å². The highest BCUT2D eigenvalue weighted by Crippen LogP contribution is 2.26. The second-order valence-electron chi connectivity index (χ2n) is 6.43. The smallest absolute Gasteiger partial charge is 0.227 e. The molecule has 0 bridgehead atoms. The van der Waals surface area contributed by atoms with Gasteiger partial charge in [-0.15, -0.1) is 0 Å². The van der Waals surface area contributed by atoms with Gasteiger partial charge in [0.05, 0.1) is 0 Å². The highest BCUT2D eigenvalue weighted by Gasteiger charge is 2.17. The Labute approximate surface area is 160 Å². The monoisotopic (exact) mass is 372 g/mol. The molecule has 1 aromatic carbocycles. The molecule has 1 heterocycles. The largest absolute Gasteiger partial charge is 0.372 e. The Hall–Kier alpha value is -2.83. The molecule has 2 amide bonds. The van der Waals surface area contributed by atoms with Gasteiger partial charge >= 0.3 is 0 Å². The Bertz CT molecular complexity index is 796. The minimum atomic E-state index is -0.216. The van der Waals surface area contributed by atoms with Crippen LogP contribution in [0.1, 0.15) is 38.5 Å². The summed E-state index contributed by atoms with van der Waals surface area (Å²) in [5.41, 5.74) is 2.95. The fourth-order valence-electron chi connectivity index (χ4n) is 3.02. The molecule has 0 unspecified atom stereocenters. The van der Waals surface area contributed by atoms with Crippen LogP contribution in [-0.4, -0.2) is 36.6 Å². The van der Waals surface area contributed by atoms with Crippen LogP contribution in [-0.2, 0) is 9.59 Å². The van der Waals surface area contributed by atoms with E-state index in [4.69, 9.17) is 4.52 Å². The number of benzene rings is 1. The van der Waals surface area contributed by atoms with Gasteiger partial charge in [0, 0.05) is 50.4 Å². The molecule has 2 rings (SSSR count). The van der Waals surface area contributed by atoms with Crippen LogP contribution in [0, 0.1) is 13.8 Å². The normalized spacial score (nSPS) is 10.6. The molecule has 146 valence electrons. The van der Waals surface area contributed by atoms with Gasteiger partial charge in [0.15, 0.2) is 5.82 Å². The van der Waals surface area contributed by atoms with E-state index >= 15 is 0 Å². The average Bonchev–Trinajstić information content (AvgIpc) is 3.02. The van der Waals surface area contributed by atoms with Crippen molar-refractivity contribution in [1.82, 2.24) is 5.16 Å². The molecular weight excluding hydrogens is 344 g/mol. The Balaban J connectivity index is 2.08. The van der Waals surface area contributed by atoms with Crippen molar-refractivity contribution in [1.29, 1.82) is 0 Å². The zero-order valence-corrected chi connectivity index (χ0v) is 16.7. The van der Waals surface area contributed by atoms with Gasteiger partial charge in [-0.05, 0) is 51.5 Å². The molecule has 0 spiro atoms. The minimum absolute atomic E-state index is 0.0984. The summed E-state index contributed by atoms with van der Waals surface area (Å²) in [6.07, 6.45) is 0.169. The quantitative estimate of drug-likeness (QED) is 0.767. The lowest BCUT2D eigenvalue weighted by atomic mass is 10.1. The third-order valence-corrected chi connectivity index (χ3v) is 4.44. The molecule has 0 atom stereocenters. The molecule has 0 aliphatic heterocycles. The van der Waals surface area contributed by atoms with E-state index in [1.54, 1.807) is 17.9 Å². The van der Waals surface area contributed by atoms with Crippen molar-refractivity contribution in [2.24, 2.45) is 0 Å². The van der Waals surface area contributed by atoms with Gasteiger partial charge in [0.2, 0.25) is 11.8 Å². The zero-order chi connectivity index (χ0) is 20.0. The predicted octanol–water partition coefficient (Wildman–Crippen LogP) is 3.52. The molecule has 7 nitrogen and oxygen atoms in total. The minimum Gasteiger partial charge on any atom is -0.372 e. The lowest BCUT2D eigenvalue weighted by molar-refractivity contribution is -0.117. The van der Waals surface area contributed by atoms with E-state index in [2.05, 4.69) is 35.3 Å². The van der Waals surface area contributed by atoms with E-state index in [0.29, 0.717) is 18.1 Å². The van der Waals surface area contributed by atoms with Crippen LogP contribution in [0.4, 0.5) is 17.2 Å². The number of aromatic nitrogens is 1. The number of nitrogens with zero attached hydrogens (tertiary/aromatic N) is 3. The summed E-state index contributed by atoms with van der Waals surface area (Å²) in [4.78, 5) is 28.2. The first-order valence-corrected chi connectivity index (χ1v) is 9.22. The summed E-state index contributed by atoms with van der Waals surface area (Å²) < 4.78 is 4.93. The van der Waals surface area contributed by atoms with Crippen LogP contribution in [0.15, 0.2) is 28.8 Å². The van der Waals surface area contributed by atoms with Gasteiger partial charge < -0.3 is 19.6 Å². The number of aryl methyl sites for hydroxylation is 2. The van der Waals surface area contributed by atoms with Gasteiger partial charge in [0.25, 0.3) is 0 Å². The lowest BCUT2D eigenvalue weighted by Gasteiger charge is -2.26. The Kier molecular flexibility index (Phi) is 6.98. The standard InChI is InChI=1S/C20H28N4O3/c1-6-23(7-2)17-8-9-18(14(3)12-17)24(16(5)25)11-10-20(26)21-19-13-15(4)27-22-19/h8-9,12-13H,6-7,10-11H2,1-5H3,(H,21,22,26). The van der Waals surface area contributed by atoms with Crippen LogP contribution in [0.3, 0.4) is 0 Å². The van der Waals surface area contributed by atoms with Crippen LogP contribution < -0.4 is 15.1 Å². The molecule has 0 aliphatic carbocycles. The molecule has 7 heteroatoms. The highest BCUT2D eigenvalue weighted by molar-refractivity contribution is 5.95. The molecule has 0 aliphatic rings. The lowest BCUT2D eigenvalue weighted by Crippen LogP contribution is -2.32. The van der Waals surface area contributed by atoms with E-state index in [1.807, 2.05) is 19.1 Å². The van der Waals surface area contributed by atoms with E-state index < -0.39 is 0 Å². The molecule has 2 aromatic rings. The molecule has 0 saturated heterocycles.